The molecule has 0 amide bonds. The molecule has 1 heterocycles. The van der Waals surface area contributed by atoms with E-state index in [4.69, 9.17) is 21.1 Å². The maximum absolute atomic E-state index is 5.94. The van der Waals surface area contributed by atoms with Gasteiger partial charge in [0.1, 0.15) is 17.7 Å². The van der Waals surface area contributed by atoms with Gasteiger partial charge in [-0.3, -0.25) is 0 Å². The van der Waals surface area contributed by atoms with Gasteiger partial charge in [0.2, 0.25) is 0 Å². The predicted octanol–water partition coefficient (Wildman–Crippen LogP) is 8.34. The molecule has 2 N–H and O–H groups in total. The zero-order chi connectivity index (χ0) is 27.8. The summed E-state index contributed by atoms with van der Waals surface area (Å²) in [7, 11) is 2.11. The topological polar surface area (TPSA) is 45.8 Å². The highest BCUT2D eigenvalue weighted by molar-refractivity contribution is 6.30. The molecule has 0 spiro atoms. The smallest absolute Gasteiger partial charge is 0.125 e. The maximum Gasteiger partial charge on any atom is 0.125 e. The first kappa shape index (κ1) is 31.3. The molecule has 0 saturated carbocycles. The summed E-state index contributed by atoms with van der Waals surface area (Å²) < 4.78 is 11.9. The average molecular weight is 540 g/mol. The Morgan fingerprint density at radius 3 is 2.16 bits per heavy atom. The Morgan fingerprint density at radius 2 is 1.50 bits per heavy atom. The van der Waals surface area contributed by atoms with E-state index in [1.807, 2.05) is 56.3 Å². The number of anilines is 2. The van der Waals surface area contributed by atoms with Crippen LogP contribution in [0.4, 0.5) is 11.4 Å². The molecule has 6 heteroatoms. The Kier molecular flexibility index (Phi) is 14.5. The Bertz CT molecular complexity index is 1040. The lowest BCUT2D eigenvalue weighted by Crippen LogP contribution is -2.23. The number of hydrogen-bond donors (Lipinski definition) is 2. The van der Waals surface area contributed by atoms with Crippen LogP contribution >= 0.6 is 11.6 Å². The van der Waals surface area contributed by atoms with Crippen LogP contribution < -0.4 is 25.0 Å². The number of nitrogens with zero attached hydrogens (tertiary/aromatic N) is 1. The molecule has 0 saturated heterocycles. The highest BCUT2D eigenvalue weighted by atomic mass is 35.5. The number of fused-ring (bicyclic) bond motifs is 1. The van der Waals surface area contributed by atoms with Crippen molar-refractivity contribution in [1.82, 2.24) is 5.32 Å². The van der Waals surface area contributed by atoms with Gasteiger partial charge in [-0.1, -0.05) is 76.9 Å². The van der Waals surface area contributed by atoms with Crippen molar-refractivity contribution in [2.75, 3.05) is 43.6 Å². The second kappa shape index (κ2) is 17.6. The standard InChI is InChI=1S/C27H32ClN3O2.C3H8.C2H6/c1-3-29-16-4-17-32-24-13-14-25-26(19-24)31(2)27(30-25)21-7-11-23(12-8-21)33-18-15-20-5-9-22(28)10-6-20;1-3-2;1-2/h5-14,19,27,29-30H,3-4,15-18H2,1-2H3;3H2,1-2H3;1-2H3. The van der Waals surface area contributed by atoms with Gasteiger partial charge in [-0.05, 0) is 67.0 Å². The number of rotatable bonds is 11. The van der Waals surface area contributed by atoms with Crippen molar-refractivity contribution in [2.45, 2.75) is 60.0 Å². The summed E-state index contributed by atoms with van der Waals surface area (Å²) >= 11 is 5.94. The normalized spacial score (nSPS) is 13.3. The van der Waals surface area contributed by atoms with Gasteiger partial charge in [0.05, 0.1) is 24.6 Å². The second-order valence-electron chi connectivity index (χ2n) is 8.89. The van der Waals surface area contributed by atoms with Crippen LogP contribution in [0.2, 0.25) is 5.02 Å². The van der Waals surface area contributed by atoms with E-state index >= 15 is 0 Å². The van der Waals surface area contributed by atoms with Crippen LogP contribution in [-0.4, -0.2) is 33.4 Å². The lowest BCUT2D eigenvalue weighted by atomic mass is 10.1. The van der Waals surface area contributed by atoms with E-state index < -0.39 is 0 Å². The number of nitrogens with one attached hydrogen (secondary N) is 2. The number of hydrogen-bond acceptors (Lipinski definition) is 5. The van der Waals surface area contributed by atoms with E-state index in [1.165, 1.54) is 17.5 Å². The molecule has 1 unspecified atom stereocenters. The van der Waals surface area contributed by atoms with Crippen molar-refractivity contribution < 1.29 is 9.47 Å². The minimum atomic E-state index is 0.0760. The summed E-state index contributed by atoms with van der Waals surface area (Å²) in [4.78, 5) is 2.25. The summed E-state index contributed by atoms with van der Waals surface area (Å²) in [6.45, 7) is 13.7. The molecule has 5 nitrogen and oxygen atoms in total. The van der Waals surface area contributed by atoms with Crippen LogP contribution in [-0.2, 0) is 6.42 Å². The minimum absolute atomic E-state index is 0.0760. The van der Waals surface area contributed by atoms with Crippen LogP contribution in [0.3, 0.4) is 0 Å². The molecule has 0 aliphatic carbocycles. The van der Waals surface area contributed by atoms with E-state index in [2.05, 4.69) is 67.6 Å². The van der Waals surface area contributed by atoms with Crippen LogP contribution in [0.15, 0.2) is 66.7 Å². The second-order valence-corrected chi connectivity index (χ2v) is 9.33. The van der Waals surface area contributed by atoms with E-state index in [1.54, 1.807) is 0 Å². The summed E-state index contributed by atoms with van der Waals surface area (Å²) in [5, 5.41) is 7.69. The molecule has 1 atom stereocenters. The third kappa shape index (κ3) is 9.77. The molecule has 0 bridgehead atoms. The predicted molar refractivity (Wildman–Crippen MR) is 164 cm³/mol. The van der Waals surface area contributed by atoms with Gasteiger partial charge in [0, 0.05) is 24.6 Å². The number of ether oxygens (including phenoxy) is 2. The highest BCUT2D eigenvalue weighted by Gasteiger charge is 2.27. The zero-order valence-electron chi connectivity index (χ0n) is 24.0. The van der Waals surface area contributed by atoms with Gasteiger partial charge in [-0.25, -0.2) is 0 Å². The first-order valence-corrected chi connectivity index (χ1v) is 14.4. The monoisotopic (exact) mass is 539 g/mol. The molecule has 0 fully saturated rings. The van der Waals surface area contributed by atoms with Crippen molar-refractivity contribution in [3.63, 3.8) is 0 Å². The van der Waals surface area contributed by atoms with Crippen LogP contribution in [0, 0.1) is 0 Å². The molecule has 3 aromatic rings. The number of halogens is 1. The lowest BCUT2D eigenvalue weighted by molar-refractivity contribution is 0.309. The van der Waals surface area contributed by atoms with Gasteiger partial charge in [0.15, 0.2) is 0 Å². The van der Waals surface area contributed by atoms with Crippen molar-refractivity contribution in [1.29, 1.82) is 0 Å². The summed E-state index contributed by atoms with van der Waals surface area (Å²) in [6.07, 6.45) is 3.17. The largest absolute Gasteiger partial charge is 0.493 e. The van der Waals surface area contributed by atoms with Gasteiger partial charge in [0.25, 0.3) is 0 Å². The molecular formula is C32H46ClN3O2. The van der Waals surface area contributed by atoms with E-state index in [0.29, 0.717) is 13.2 Å². The van der Waals surface area contributed by atoms with Gasteiger partial charge in [-0.2, -0.15) is 0 Å². The van der Waals surface area contributed by atoms with Crippen LogP contribution in [0.1, 0.15) is 64.8 Å². The van der Waals surface area contributed by atoms with E-state index in [9.17, 15) is 0 Å². The molecule has 0 aromatic heterocycles. The van der Waals surface area contributed by atoms with Crippen LogP contribution in [0.5, 0.6) is 11.5 Å². The van der Waals surface area contributed by atoms with Crippen molar-refractivity contribution in [3.05, 3.63) is 82.9 Å². The van der Waals surface area contributed by atoms with Gasteiger partial charge in [-0.15, -0.1) is 0 Å². The highest BCUT2D eigenvalue weighted by Crippen LogP contribution is 2.42. The van der Waals surface area contributed by atoms with Crippen molar-refractivity contribution in [2.24, 2.45) is 0 Å². The fourth-order valence-electron chi connectivity index (χ4n) is 3.95. The first-order chi connectivity index (χ1) is 18.5. The average Bonchev–Trinajstić information content (AvgIpc) is 3.27. The molecular weight excluding hydrogens is 494 g/mol. The maximum atomic E-state index is 5.94. The summed E-state index contributed by atoms with van der Waals surface area (Å²) in [5.41, 5.74) is 4.66. The summed E-state index contributed by atoms with van der Waals surface area (Å²) in [5.74, 6) is 1.78. The Labute approximate surface area is 235 Å². The Balaban J connectivity index is 0.000000947. The summed E-state index contributed by atoms with van der Waals surface area (Å²) in [6, 6.07) is 22.5. The van der Waals surface area contributed by atoms with Crippen molar-refractivity contribution in [3.8, 4) is 11.5 Å². The Morgan fingerprint density at radius 1 is 0.868 bits per heavy atom. The first-order valence-electron chi connectivity index (χ1n) is 14.0. The molecule has 0 radical (unpaired) electrons. The zero-order valence-corrected chi connectivity index (χ0v) is 24.8. The molecule has 208 valence electrons. The molecule has 1 aliphatic rings. The Hall–Kier alpha value is -2.89. The minimum Gasteiger partial charge on any atom is -0.493 e. The SMILES string of the molecule is CC.CCC.CCNCCCOc1ccc2c(c1)N(C)C(c1ccc(OCCc3ccc(Cl)cc3)cc1)N2. The fraction of sp³-hybridized carbons (Fsp3) is 0.438. The lowest BCUT2D eigenvalue weighted by Gasteiger charge is -2.23. The van der Waals surface area contributed by atoms with Crippen LogP contribution in [0.25, 0.3) is 0 Å². The van der Waals surface area contributed by atoms with E-state index in [0.717, 1.165) is 53.8 Å². The number of benzene rings is 3. The third-order valence-corrected chi connectivity index (χ3v) is 6.07. The third-order valence-electron chi connectivity index (χ3n) is 5.81. The molecule has 1 aliphatic heterocycles. The van der Waals surface area contributed by atoms with Gasteiger partial charge >= 0.3 is 0 Å². The van der Waals surface area contributed by atoms with E-state index in [-0.39, 0.29) is 6.17 Å². The fourth-order valence-corrected chi connectivity index (χ4v) is 4.08. The quantitative estimate of drug-likeness (QED) is 0.240. The van der Waals surface area contributed by atoms with Gasteiger partial charge < -0.3 is 25.0 Å². The molecule has 4 rings (SSSR count). The van der Waals surface area contributed by atoms with Crippen molar-refractivity contribution >= 4 is 23.0 Å². The molecule has 3 aromatic carbocycles. The molecule has 38 heavy (non-hydrogen) atoms.